The molecule has 1 amide bonds. The lowest BCUT2D eigenvalue weighted by molar-refractivity contribution is -0.116. The summed E-state index contributed by atoms with van der Waals surface area (Å²) in [7, 11) is 0. The molecule has 0 unspecified atom stereocenters. The quantitative estimate of drug-likeness (QED) is 0.495. The Morgan fingerprint density at radius 3 is 2.60 bits per heavy atom. The number of carbonyl (C=O) groups excluding carboxylic acids is 1. The maximum absolute atomic E-state index is 14.0. The Hall–Kier alpha value is -3.48. The van der Waals surface area contributed by atoms with E-state index in [-0.39, 0.29) is 24.1 Å². The number of alkyl halides is 1. The number of para-hydroxylation sites is 1. The zero-order chi connectivity index (χ0) is 21.5. The summed E-state index contributed by atoms with van der Waals surface area (Å²) in [5.74, 6) is -0.401. The van der Waals surface area contributed by atoms with Crippen molar-refractivity contribution >= 4 is 11.6 Å². The average Bonchev–Trinajstić information content (AvgIpc) is 2.75. The van der Waals surface area contributed by atoms with Gasteiger partial charge in [0, 0.05) is 18.7 Å². The average molecular weight is 412 g/mol. The van der Waals surface area contributed by atoms with Crippen molar-refractivity contribution in [1.29, 1.82) is 0 Å². The molecule has 0 fully saturated rings. The summed E-state index contributed by atoms with van der Waals surface area (Å²) >= 11 is 0. The lowest BCUT2D eigenvalue weighted by Crippen LogP contribution is -2.28. The molecule has 3 aromatic rings. The maximum Gasteiger partial charge on any atom is 0.243 e. The van der Waals surface area contributed by atoms with Gasteiger partial charge in [-0.1, -0.05) is 31.2 Å². The van der Waals surface area contributed by atoms with Crippen molar-refractivity contribution in [3.8, 4) is 17.4 Å². The Balaban J connectivity index is 1.99. The highest BCUT2D eigenvalue weighted by Crippen LogP contribution is 2.33. The van der Waals surface area contributed by atoms with Gasteiger partial charge in [0.25, 0.3) is 0 Å². The number of pyridine rings is 1. The van der Waals surface area contributed by atoms with E-state index in [1.165, 1.54) is 30.2 Å². The molecule has 0 spiro atoms. The molecule has 0 atom stereocenters. The molecule has 0 saturated heterocycles. The van der Waals surface area contributed by atoms with Crippen LogP contribution in [0.4, 0.5) is 14.5 Å². The Bertz CT molecular complexity index is 1030. The molecule has 0 bridgehead atoms. The standard InChI is InChI=1S/C23H22F2N2O3/c1-3-17-10-11-21(29-15-24)18(13-17)14-27(16(2)28)20-8-6-12-26-23(20)30-22-9-5-4-7-19(22)25/h4-13H,3,14-15H2,1-2H3. The molecule has 156 valence electrons. The van der Waals surface area contributed by atoms with Crippen LogP contribution in [0.3, 0.4) is 0 Å². The van der Waals surface area contributed by atoms with E-state index >= 15 is 0 Å². The van der Waals surface area contributed by atoms with E-state index in [1.54, 1.807) is 30.3 Å². The summed E-state index contributed by atoms with van der Waals surface area (Å²) in [6.45, 7) is 2.53. The molecule has 0 saturated carbocycles. The minimum Gasteiger partial charge on any atom is -0.463 e. The Morgan fingerprint density at radius 2 is 1.90 bits per heavy atom. The van der Waals surface area contributed by atoms with Gasteiger partial charge in [-0.05, 0) is 42.3 Å². The lowest BCUT2D eigenvalue weighted by atomic mass is 10.1. The third kappa shape index (κ3) is 4.92. The summed E-state index contributed by atoms with van der Waals surface area (Å²) in [6, 6.07) is 14.7. The van der Waals surface area contributed by atoms with Crippen molar-refractivity contribution in [1.82, 2.24) is 4.98 Å². The van der Waals surface area contributed by atoms with E-state index in [1.807, 2.05) is 19.1 Å². The number of rotatable bonds is 8. The molecule has 30 heavy (non-hydrogen) atoms. The first-order chi connectivity index (χ1) is 14.5. The van der Waals surface area contributed by atoms with Crippen molar-refractivity contribution in [3.63, 3.8) is 0 Å². The van der Waals surface area contributed by atoms with Crippen LogP contribution in [0, 0.1) is 5.82 Å². The van der Waals surface area contributed by atoms with E-state index in [0.717, 1.165) is 12.0 Å². The number of benzene rings is 2. The molecule has 0 radical (unpaired) electrons. The molecule has 0 aliphatic carbocycles. The Kier molecular flexibility index (Phi) is 6.95. The minimum atomic E-state index is -0.979. The molecular weight excluding hydrogens is 390 g/mol. The van der Waals surface area contributed by atoms with Gasteiger partial charge in [-0.15, -0.1) is 0 Å². The van der Waals surface area contributed by atoms with Gasteiger partial charge in [0.15, 0.2) is 11.6 Å². The number of ether oxygens (including phenoxy) is 2. The number of anilines is 1. The van der Waals surface area contributed by atoms with Crippen LogP contribution in [0.5, 0.6) is 17.4 Å². The van der Waals surface area contributed by atoms with E-state index in [0.29, 0.717) is 17.0 Å². The highest BCUT2D eigenvalue weighted by molar-refractivity contribution is 5.92. The number of amides is 1. The third-order valence-electron chi connectivity index (χ3n) is 4.54. The first-order valence-corrected chi connectivity index (χ1v) is 9.49. The Labute approximate surface area is 173 Å². The van der Waals surface area contributed by atoms with Gasteiger partial charge >= 0.3 is 0 Å². The fourth-order valence-electron chi connectivity index (χ4n) is 3.01. The van der Waals surface area contributed by atoms with Gasteiger partial charge in [0.2, 0.25) is 18.6 Å². The molecule has 1 heterocycles. The summed E-state index contributed by atoms with van der Waals surface area (Å²) in [6.07, 6.45) is 2.27. The number of hydrogen-bond donors (Lipinski definition) is 0. The van der Waals surface area contributed by atoms with E-state index in [2.05, 4.69) is 4.98 Å². The van der Waals surface area contributed by atoms with Gasteiger partial charge in [0.1, 0.15) is 11.4 Å². The molecule has 7 heteroatoms. The monoisotopic (exact) mass is 412 g/mol. The minimum absolute atomic E-state index is 0.00427. The van der Waals surface area contributed by atoms with Crippen LogP contribution in [-0.2, 0) is 17.8 Å². The summed E-state index contributed by atoms with van der Waals surface area (Å²) in [4.78, 5) is 18.1. The SMILES string of the molecule is CCc1ccc(OCF)c(CN(C(C)=O)c2cccnc2Oc2ccccc2F)c1. The van der Waals surface area contributed by atoms with Gasteiger partial charge in [0.05, 0.1) is 6.54 Å². The molecule has 0 N–H and O–H groups in total. The zero-order valence-electron chi connectivity index (χ0n) is 16.8. The number of hydrogen-bond acceptors (Lipinski definition) is 4. The second-order valence-electron chi connectivity index (χ2n) is 6.51. The zero-order valence-corrected chi connectivity index (χ0v) is 16.8. The molecule has 0 aliphatic heterocycles. The van der Waals surface area contributed by atoms with E-state index in [4.69, 9.17) is 9.47 Å². The maximum atomic E-state index is 14.0. The molecule has 0 aliphatic rings. The molecular formula is C23H22F2N2O3. The number of aromatic nitrogens is 1. The van der Waals surface area contributed by atoms with Crippen LogP contribution in [0.2, 0.25) is 0 Å². The summed E-state index contributed by atoms with van der Waals surface area (Å²) in [5.41, 5.74) is 2.03. The molecule has 1 aromatic heterocycles. The van der Waals surface area contributed by atoms with Crippen molar-refractivity contribution < 1.29 is 23.0 Å². The number of nitrogens with zero attached hydrogens (tertiary/aromatic N) is 2. The molecule has 5 nitrogen and oxygen atoms in total. The normalized spacial score (nSPS) is 10.5. The van der Waals surface area contributed by atoms with Crippen LogP contribution in [0.15, 0.2) is 60.8 Å². The van der Waals surface area contributed by atoms with Crippen LogP contribution >= 0.6 is 0 Å². The topological polar surface area (TPSA) is 51.7 Å². The summed E-state index contributed by atoms with van der Waals surface area (Å²) in [5, 5.41) is 0. The highest BCUT2D eigenvalue weighted by atomic mass is 19.1. The largest absolute Gasteiger partial charge is 0.463 e. The van der Waals surface area contributed by atoms with Gasteiger partial charge < -0.3 is 14.4 Å². The number of aryl methyl sites for hydroxylation is 1. The lowest BCUT2D eigenvalue weighted by Gasteiger charge is -2.24. The second-order valence-corrected chi connectivity index (χ2v) is 6.51. The molecule has 2 aromatic carbocycles. The van der Waals surface area contributed by atoms with Crippen molar-refractivity contribution in [2.24, 2.45) is 0 Å². The van der Waals surface area contributed by atoms with E-state index in [9.17, 15) is 13.6 Å². The van der Waals surface area contributed by atoms with Crippen LogP contribution in [-0.4, -0.2) is 17.8 Å². The predicted molar refractivity (Wildman–Crippen MR) is 110 cm³/mol. The fraction of sp³-hybridized carbons (Fsp3) is 0.217. The first-order valence-electron chi connectivity index (χ1n) is 9.49. The smallest absolute Gasteiger partial charge is 0.243 e. The van der Waals surface area contributed by atoms with Gasteiger partial charge in [-0.2, -0.15) is 0 Å². The van der Waals surface area contributed by atoms with E-state index < -0.39 is 12.7 Å². The first kappa shape index (κ1) is 21.2. The number of carbonyl (C=O) groups is 1. The van der Waals surface area contributed by atoms with Crippen molar-refractivity contribution in [2.45, 2.75) is 26.8 Å². The van der Waals surface area contributed by atoms with Crippen LogP contribution in [0.1, 0.15) is 25.0 Å². The fourth-order valence-corrected chi connectivity index (χ4v) is 3.01. The summed E-state index contributed by atoms with van der Waals surface area (Å²) < 4.78 is 37.6. The number of halogens is 2. The highest BCUT2D eigenvalue weighted by Gasteiger charge is 2.21. The Morgan fingerprint density at radius 1 is 1.10 bits per heavy atom. The molecule has 3 rings (SSSR count). The van der Waals surface area contributed by atoms with Gasteiger partial charge in [-0.3, -0.25) is 4.79 Å². The van der Waals surface area contributed by atoms with Crippen LogP contribution in [0.25, 0.3) is 0 Å². The second kappa shape index (κ2) is 9.82. The van der Waals surface area contributed by atoms with Crippen LogP contribution < -0.4 is 14.4 Å². The van der Waals surface area contributed by atoms with Crippen molar-refractivity contribution in [2.75, 3.05) is 11.8 Å². The third-order valence-corrected chi connectivity index (χ3v) is 4.54. The predicted octanol–water partition coefficient (Wildman–Crippen LogP) is 5.43. The van der Waals surface area contributed by atoms with Crippen molar-refractivity contribution in [3.05, 3.63) is 77.7 Å². The van der Waals surface area contributed by atoms with Gasteiger partial charge in [-0.25, -0.2) is 13.8 Å².